The van der Waals surface area contributed by atoms with Crippen molar-refractivity contribution < 1.29 is 17.9 Å². The Hall–Kier alpha value is -1.31. The maximum atomic E-state index is 12.3. The molecule has 0 fully saturated rings. The zero-order valence-electron chi connectivity index (χ0n) is 11.0. The molecule has 1 aromatic heterocycles. The Kier molecular flexibility index (Phi) is 4.22. The molecule has 2 N–H and O–H groups in total. The molecule has 1 aromatic carbocycles. The zero-order chi connectivity index (χ0) is 14.9. The van der Waals surface area contributed by atoms with Crippen molar-refractivity contribution in [2.75, 3.05) is 4.72 Å². The van der Waals surface area contributed by atoms with Crippen LogP contribution >= 0.6 is 15.9 Å². The van der Waals surface area contributed by atoms with Crippen LogP contribution < -0.4 is 4.72 Å². The molecule has 0 spiro atoms. The highest BCUT2D eigenvalue weighted by molar-refractivity contribution is 9.10. The molecule has 0 amide bonds. The second-order valence-corrected chi connectivity index (χ2v) is 6.78. The van der Waals surface area contributed by atoms with Gasteiger partial charge in [0.1, 0.15) is 23.0 Å². The highest BCUT2D eigenvalue weighted by Crippen LogP contribution is 2.29. The number of anilines is 1. The van der Waals surface area contributed by atoms with Gasteiger partial charge in [0.15, 0.2) is 0 Å². The number of benzene rings is 1. The van der Waals surface area contributed by atoms with Gasteiger partial charge in [-0.1, -0.05) is 12.1 Å². The second kappa shape index (κ2) is 5.59. The van der Waals surface area contributed by atoms with Crippen LogP contribution in [0.5, 0.6) is 0 Å². The Bertz CT molecular complexity index is 737. The fraction of sp³-hybridized carbons (Fsp3) is 0.231. The van der Waals surface area contributed by atoms with Gasteiger partial charge in [-0.3, -0.25) is 4.72 Å². The molecule has 20 heavy (non-hydrogen) atoms. The predicted molar refractivity (Wildman–Crippen MR) is 79.1 cm³/mol. The van der Waals surface area contributed by atoms with Crippen molar-refractivity contribution in [2.45, 2.75) is 25.3 Å². The summed E-state index contributed by atoms with van der Waals surface area (Å²) in [5.41, 5.74) is 1.38. The Labute approximate surface area is 125 Å². The van der Waals surface area contributed by atoms with Gasteiger partial charge in [0, 0.05) is 10.5 Å². The van der Waals surface area contributed by atoms with Crippen molar-refractivity contribution in [1.82, 2.24) is 0 Å². The Morgan fingerprint density at radius 2 is 2.05 bits per heavy atom. The van der Waals surface area contributed by atoms with Gasteiger partial charge in [-0.25, -0.2) is 8.42 Å². The average molecular weight is 360 g/mol. The molecule has 0 bridgehead atoms. The summed E-state index contributed by atoms with van der Waals surface area (Å²) in [6, 6.07) is 6.62. The minimum atomic E-state index is -3.76. The maximum Gasteiger partial charge on any atom is 0.265 e. The summed E-state index contributed by atoms with van der Waals surface area (Å²) in [6.45, 7) is 3.07. The third-order valence-electron chi connectivity index (χ3n) is 2.80. The number of aliphatic hydroxyl groups is 1. The van der Waals surface area contributed by atoms with Gasteiger partial charge in [-0.2, -0.15) is 0 Å². The molecule has 1 heterocycles. The monoisotopic (exact) mass is 359 g/mol. The molecule has 2 rings (SSSR count). The van der Waals surface area contributed by atoms with E-state index in [0.29, 0.717) is 10.2 Å². The van der Waals surface area contributed by atoms with E-state index in [9.17, 15) is 8.42 Å². The third-order valence-corrected chi connectivity index (χ3v) is 5.33. The van der Waals surface area contributed by atoms with Gasteiger partial charge >= 0.3 is 0 Å². The Morgan fingerprint density at radius 3 is 2.65 bits per heavy atom. The first-order chi connectivity index (χ1) is 9.35. The van der Waals surface area contributed by atoms with E-state index in [2.05, 4.69) is 20.7 Å². The fourth-order valence-electron chi connectivity index (χ4n) is 1.79. The molecule has 108 valence electrons. The predicted octanol–water partition coefficient (Wildman–Crippen LogP) is 2.95. The molecule has 7 heteroatoms. The molecule has 0 aliphatic carbocycles. The van der Waals surface area contributed by atoms with Crippen molar-refractivity contribution in [1.29, 1.82) is 0 Å². The van der Waals surface area contributed by atoms with Crippen LogP contribution in [-0.2, 0) is 16.6 Å². The van der Waals surface area contributed by atoms with E-state index in [1.807, 2.05) is 13.0 Å². The van der Waals surface area contributed by atoms with Gasteiger partial charge in [0.2, 0.25) is 0 Å². The third kappa shape index (κ3) is 2.89. The van der Waals surface area contributed by atoms with Crippen molar-refractivity contribution >= 4 is 31.6 Å². The molecule has 0 atom stereocenters. The minimum absolute atomic E-state index is 0.0231. The van der Waals surface area contributed by atoms with E-state index < -0.39 is 10.0 Å². The first-order valence-corrected chi connectivity index (χ1v) is 8.11. The molecule has 0 radical (unpaired) electrons. The lowest BCUT2D eigenvalue weighted by atomic mass is 10.2. The molecule has 0 aliphatic rings. The SMILES string of the molecule is Cc1cccc(NS(=O)(=O)c2cc(CO)oc2C)c1Br. The number of furan rings is 1. The van der Waals surface area contributed by atoms with Gasteiger partial charge in [-0.05, 0) is 41.4 Å². The highest BCUT2D eigenvalue weighted by Gasteiger charge is 2.22. The molecule has 0 saturated heterocycles. The Morgan fingerprint density at radius 1 is 1.35 bits per heavy atom. The van der Waals surface area contributed by atoms with E-state index in [1.165, 1.54) is 6.07 Å². The summed E-state index contributed by atoms with van der Waals surface area (Å²) in [6.07, 6.45) is 0. The van der Waals surface area contributed by atoms with E-state index in [-0.39, 0.29) is 23.0 Å². The number of aliphatic hydroxyl groups excluding tert-OH is 1. The number of nitrogens with one attached hydrogen (secondary N) is 1. The summed E-state index contributed by atoms with van der Waals surface area (Å²) >= 11 is 3.35. The fourth-order valence-corrected chi connectivity index (χ4v) is 3.57. The van der Waals surface area contributed by atoms with Crippen LogP contribution in [0.25, 0.3) is 0 Å². The topological polar surface area (TPSA) is 79.5 Å². The molecular formula is C13H14BrNO4S. The number of halogens is 1. The van der Waals surface area contributed by atoms with Crippen LogP contribution in [0.4, 0.5) is 5.69 Å². The van der Waals surface area contributed by atoms with Gasteiger partial charge < -0.3 is 9.52 Å². The van der Waals surface area contributed by atoms with Crippen LogP contribution in [-0.4, -0.2) is 13.5 Å². The van der Waals surface area contributed by atoms with Crippen LogP contribution in [0.15, 0.2) is 38.1 Å². The summed E-state index contributed by atoms with van der Waals surface area (Å²) in [7, 11) is -3.76. The highest BCUT2D eigenvalue weighted by atomic mass is 79.9. The quantitative estimate of drug-likeness (QED) is 0.879. The number of sulfonamides is 1. The van der Waals surface area contributed by atoms with E-state index >= 15 is 0 Å². The lowest BCUT2D eigenvalue weighted by Crippen LogP contribution is -2.13. The van der Waals surface area contributed by atoms with Crippen LogP contribution in [0.3, 0.4) is 0 Å². The van der Waals surface area contributed by atoms with Gasteiger partial charge in [-0.15, -0.1) is 0 Å². The van der Waals surface area contributed by atoms with Gasteiger partial charge in [0.05, 0.1) is 5.69 Å². The standard InChI is InChI=1S/C13H14BrNO4S/c1-8-4-3-5-11(13(8)14)15-20(17,18)12-6-10(7-16)19-9(12)2/h3-6,15-16H,7H2,1-2H3. The molecule has 2 aromatic rings. The molecule has 0 saturated carbocycles. The molecular weight excluding hydrogens is 346 g/mol. The first kappa shape index (κ1) is 15.1. The van der Waals surface area contributed by atoms with Crippen molar-refractivity contribution in [3.63, 3.8) is 0 Å². The van der Waals surface area contributed by atoms with Crippen molar-refractivity contribution in [2.24, 2.45) is 0 Å². The van der Waals surface area contributed by atoms with Crippen LogP contribution in [0.1, 0.15) is 17.1 Å². The average Bonchev–Trinajstić information content (AvgIpc) is 2.77. The second-order valence-electron chi connectivity index (χ2n) is 4.33. The van der Waals surface area contributed by atoms with Crippen LogP contribution in [0, 0.1) is 13.8 Å². The molecule has 5 nitrogen and oxygen atoms in total. The number of hydrogen-bond acceptors (Lipinski definition) is 4. The van der Waals surface area contributed by atoms with Crippen molar-refractivity contribution in [3.05, 3.63) is 45.8 Å². The summed E-state index contributed by atoms with van der Waals surface area (Å²) in [4.78, 5) is 0.0231. The zero-order valence-corrected chi connectivity index (χ0v) is 13.4. The number of aryl methyl sites for hydroxylation is 2. The van der Waals surface area contributed by atoms with E-state index in [1.54, 1.807) is 19.1 Å². The van der Waals surface area contributed by atoms with E-state index in [4.69, 9.17) is 9.52 Å². The van der Waals surface area contributed by atoms with Crippen molar-refractivity contribution in [3.8, 4) is 0 Å². The molecule has 0 aliphatic heterocycles. The normalized spacial score (nSPS) is 11.6. The summed E-state index contributed by atoms with van der Waals surface area (Å²) in [5.74, 6) is 0.455. The Balaban J connectivity index is 2.40. The largest absolute Gasteiger partial charge is 0.462 e. The lowest BCUT2D eigenvalue weighted by molar-refractivity contribution is 0.245. The minimum Gasteiger partial charge on any atom is -0.462 e. The number of rotatable bonds is 4. The van der Waals surface area contributed by atoms with Gasteiger partial charge in [0.25, 0.3) is 10.0 Å². The van der Waals surface area contributed by atoms with E-state index in [0.717, 1.165) is 5.56 Å². The maximum absolute atomic E-state index is 12.3. The number of hydrogen-bond donors (Lipinski definition) is 2. The summed E-state index contributed by atoms with van der Waals surface area (Å²) < 4.78 is 33.0. The van der Waals surface area contributed by atoms with Crippen LogP contribution in [0.2, 0.25) is 0 Å². The molecule has 0 unspecified atom stereocenters. The summed E-state index contributed by atoms with van der Waals surface area (Å²) in [5, 5.41) is 8.99. The lowest BCUT2D eigenvalue weighted by Gasteiger charge is -2.10. The smallest absolute Gasteiger partial charge is 0.265 e. The first-order valence-electron chi connectivity index (χ1n) is 5.83.